The van der Waals surface area contributed by atoms with Crippen LogP contribution in [0.25, 0.3) is 0 Å². The molecule has 0 spiro atoms. The standard InChI is InChI=1S/C13H28N2O/c1-13(2,16-3)8-10-15(11-9-14)12-6-4-5-7-12/h12H,4-11,14H2,1-3H3. The summed E-state index contributed by atoms with van der Waals surface area (Å²) < 4.78 is 5.47. The lowest BCUT2D eigenvalue weighted by atomic mass is 10.0. The minimum atomic E-state index is -0.00848. The summed E-state index contributed by atoms with van der Waals surface area (Å²) in [5.41, 5.74) is 5.69. The zero-order valence-electron chi connectivity index (χ0n) is 11.2. The maximum atomic E-state index is 5.70. The first-order valence-corrected chi connectivity index (χ1v) is 6.58. The Bertz CT molecular complexity index is 188. The van der Waals surface area contributed by atoms with Crippen molar-refractivity contribution in [2.24, 2.45) is 5.73 Å². The summed E-state index contributed by atoms with van der Waals surface area (Å²) in [6.07, 6.45) is 6.57. The van der Waals surface area contributed by atoms with E-state index in [1.54, 1.807) is 7.11 Å². The number of hydrogen-bond acceptors (Lipinski definition) is 3. The highest BCUT2D eigenvalue weighted by Crippen LogP contribution is 2.24. The lowest BCUT2D eigenvalue weighted by Gasteiger charge is -2.32. The van der Waals surface area contributed by atoms with E-state index in [9.17, 15) is 0 Å². The Morgan fingerprint density at radius 3 is 2.38 bits per heavy atom. The molecule has 0 aliphatic heterocycles. The average molecular weight is 228 g/mol. The van der Waals surface area contributed by atoms with Crippen LogP contribution in [0.5, 0.6) is 0 Å². The zero-order chi connectivity index (χ0) is 12.0. The van der Waals surface area contributed by atoms with Crippen LogP contribution >= 0.6 is 0 Å². The summed E-state index contributed by atoms with van der Waals surface area (Å²) in [6, 6.07) is 0.774. The van der Waals surface area contributed by atoms with Crippen molar-refractivity contribution < 1.29 is 4.74 Å². The smallest absolute Gasteiger partial charge is 0.0634 e. The van der Waals surface area contributed by atoms with E-state index < -0.39 is 0 Å². The molecule has 0 atom stereocenters. The molecule has 1 aliphatic rings. The minimum absolute atomic E-state index is 0.00848. The van der Waals surface area contributed by atoms with Crippen LogP contribution in [0.15, 0.2) is 0 Å². The van der Waals surface area contributed by atoms with Crippen molar-refractivity contribution in [3.8, 4) is 0 Å². The first-order valence-electron chi connectivity index (χ1n) is 6.58. The monoisotopic (exact) mass is 228 g/mol. The summed E-state index contributed by atoms with van der Waals surface area (Å²) >= 11 is 0. The topological polar surface area (TPSA) is 38.5 Å². The van der Waals surface area contributed by atoms with Crippen LogP contribution in [0.2, 0.25) is 0 Å². The first kappa shape index (κ1) is 13.9. The number of nitrogens with zero attached hydrogens (tertiary/aromatic N) is 1. The van der Waals surface area contributed by atoms with Crippen molar-refractivity contribution >= 4 is 0 Å². The molecule has 0 radical (unpaired) electrons. The van der Waals surface area contributed by atoms with Crippen LogP contribution in [-0.2, 0) is 4.74 Å². The number of hydrogen-bond donors (Lipinski definition) is 1. The van der Waals surface area contributed by atoms with E-state index in [0.717, 1.165) is 32.1 Å². The molecular formula is C13H28N2O. The van der Waals surface area contributed by atoms with Gasteiger partial charge in [-0.1, -0.05) is 12.8 Å². The molecule has 16 heavy (non-hydrogen) atoms. The molecule has 3 heteroatoms. The molecule has 0 aromatic rings. The first-order chi connectivity index (χ1) is 7.59. The second kappa shape index (κ2) is 6.58. The Balaban J connectivity index is 2.38. The quantitative estimate of drug-likeness (QED) is 0.724. The molecule has 0 unspecified atom stereocenters. The van der Waals surface area contributed by atoms with Crippen LogP contribution in [-0.4, -0.2) is 43.3 Å². The second-order valence-corrected chi connectivity index (χ2v) is 5.48. The lowest BCUT2D eigenvalue weighted by molar-refractivity contribution is 0.00432. The van der Waals surface area contributed by atoms with Gasteiger partial charge in [0.05, 0.1) is 5.60 Å². The third kappa shape index (κ3) is 4.40. The third-order valence-electron chi connectivity index (χ3n) is 3.81. The fourth-order valence-corrected chi connectivity index (χ4v) is 2.43. The van der Waals surface area contributed by atoms with E-state index in [1.165, 1.54) is 25.7 Å². The normalized spacial score (nSPS) is 18.6. The maximum Gasteiger partial charge on any atom is 0.0634 e. The predicted octanol–water partition coefficient (Wildman–Crippen LogP) is 2.00. The SMILES string of the molecule is COC(C)(C)CCN(CCN)C1CCCC1. The highest BCUT2D eigenvalue weighted by Gasteiger charge is 2.24. The highest BCUT2D eigenvalue weighted by atomic mass is 16.5. The number of rotatable bonds is 7. The molecule has 1 fully saturated rings. The van der Waals surface area contributed by atoms with Crippen LogP contribution in [0.1, 0.15) is 46.0 Å². The fraction of sp³-hybridized carbons (Fsp3) is 1.00. The van der Waals surface area contributed by atoms with Crippen molar-refractivity contribution in [3.63, 3.8) is 0 Å². The van der Waals surface area contributed by atoms with Gasteiger partial charge in [0.2, 0.25) is 0 Å². The van der Waals surface area contributed by atoms with E-state index in [0.29, 0.717) is 0 Å². The summed E-state index contributed by atoms with van der Waals surface area (Å²) in [6.45, 7) is 7.22. The van der Waals surface area contributed by atoms with E-state index in [-0.39, 0.29) is 5.60 Å². The molecule has 0 amide bonds. The Labute approximate surface area is 100 Å². The Morgan fingerprint density at radius 2 is 1.88 bits per heavy atom. The number of methoxy groups -OCH3 is 1. The van der Waals surface area contributed by atoms with Crippen LogP contribution in [0.4, 0.5) is 0 Å². The number of nitrogens with two attached hydrogens (primary N) is 1. The summed E-state index contributed by atoms with van der Waals surface area (Å²) in [4.78, 5) is 2.56. The molecule has 96 valence electrons. The molecule has 2 N–H and O–H groups in total. The largest absolute Gasteiger partial charge is 0.379 e. The van der Waals surface area contributed by atoms with Crippen LogP contribution in [0, 0.1) is 0 Å². The van der Waals surface area contributed by atoms with Gasteiger partial charge in [0.25, 0.3) is 0 Å². The van der Waals surface area contributed by atoms with Crippen LogP contribution in [0.3, 0.4) is 0 Å². The maximum absolute atomic E-state index is 5.70. The number of ether oxygens (including phenoxy) is 1. The molecule has 0 saturated heterocycles. The van der Waals surface area contributed by atoms with Crippen molar-refractivity contribution in [2.45, 2.75) is 57.6 Å². The van der Waals surface area contributed by atoms with Crippen molar-refractivity contribution in [1.82, 2.24) is 4.90 Å². The second-order valence-electron chi connectivity index (χ2n) is 5.48. The molecule has 1 aliphatic carbocycles. The third-order valence-corrected chi connectivity index (χ3v) is 3.81. The summed E-state index contributed by atoms with van der Waals surface area (Å²) in [7, 11) is 1.79. The Morgan fingerprint density at radius 1 is 1.25 bits per heavy atom. The van der Waals surface area contributed by atoms with Crippen molar-refractivity contribution in [1.29, 1.82) is 0 Å². The van der Waals surface area contributed by atoms with E-state index in [4.69, 9.17) is 10.5 Å². The van der Waals surface area contributed by atoms with Crippen molar-refractivity contribution in [2.75, 3.05) is 26.7 Å². The van der Waals surface area contributed by atoms with Gasteiger partial charge in [0, 0.05) is 32.8 Å². The predicted molar refractivity (Wildman–Crippen MR) is 68.6 cm³/mol. The lowest BCUT2D eigenvalue weighted by Crippen LogP contribution is -2.40. The van der Waals surface area contributed by atoms with Gasteiger partial charge in [-0.05, 0) is 33.1 Å². The molecule has 1 rings (SSSR count). The summed E-state index contributed by atoms with van der Waals surface area (Å²) in [5, 5.41) is 0. The Hall–Kier alpha value is -0.120. The fourth-order valence-electron chi connectivity index (χ4n) is 2.43. The van der Waals surface area contributed by atoms with Crippen molar-refractivity contribution in [3.05, 3.63) is 0 Å². The van der Waals surface area contributed by atoms with Gasteiger partial charge in [0.1, 0.15) is 0 Å². The molecular weight excluding hydrogens is 200 g/mol. The van der Waals surface area contributed by atoms with Gasteiger partial charge in [-0.3, -0.25) is 4.90 Å². The van der Waals surface area contributed by atoms with Gasteiger partial charge < -0.3 is 10.5 Å². The van der Waals surface area contributed by atoms with Crippen LogP contribution < -0.4 is 5.73 Å². The average Bonchev–Trinajstić information content (AvgIpc) is 2.77. The van der Waals surface area contributed by atoms with E-state index in [2.05, 4.69) is 18.7 Å². The molecule has 0 aromatic carbocycles. The zero-order valence-corrected chi connectivity index (χ0v) is 11.2. The molecule has 0 bridgehead atoms. The van der Waals surface area contributed by atoms with Gasteiger partial charge >= 0.3 is 0 Å². The Kier molecular flexibility index (Phi) is 5.73. The molecule has 0 aromatic heterocycles. The van der Waals surface area contributed by atoms with Gasteiger partial charge in [-0.25, -0.2) is 0 Å². The summed E-state index contributed by atoms with van der Waals surface area (Å²) in [5.74, 6) is 0. The minimum Gasteiger partial charge on any atom is -0.379 e. The highest BCUT2D eigenvalue weighted by molar-refractivity contribution is 4.80. The molecule has 3 nitrogen and oxygen atoms in total. The van der Waals surface area contributed by atoms with Gasteiger partial charge in [-0.15, -0.1) is 0 Å². The van der Waals surface area contributed by atoms with Gasteiger partial charge in [0.15, 0.2) is 0 Å². The molecule has 1 saturated carbocycles. The van der Waals surface area contributed by atoms with Gasteiger partial charge in [-0.2, -0.15) is 0 Å². The molecule has 0 heterocycles. The van der Waals surface area contributed by atoms with E-state index >= 15 is 0 Å². The van der Waals surface area contributed by atoms with E-state index in [1.807, 2.05) is 0 Å².